The van der Waals surface area contributed by atoms with Crippen molar-refractivity contribution in [2.24, 2.45) is 0 Å². The van der Waals surface area contributed by atoms with Crippen LogP contribution in [-0.2, 0) is 38.5 Å². The van der Waals surface area contributed by atoms with Crippen LogP contribution < -0.4 is 10.6 Å². The maximum atomic E-state index is 13.3. The van der Waals surface area contributed by atoms with Gasteiger partial charge in [-0.15, -0.1) is 0 Å². The van der Waals surface area contributed by atoms with Gasteiger partial charge in [0.15, 0.2) is 0 Å². The number of benzene rings is 3. The molecular formula is C28H28FN3O7. The minimum absolute atomic E-state index is 0.0214. The van der Waals surface area contributed by atoms with Crippen molar-refractivity contribution in [2.75, 3.05) is 6.61 Å². The highest BCUT2D eigenvalue weighted by Gasteiger charge is 2.28. The molecule has 0 heterocycles. The van der Waals surface area contributed by atoms with E-state index < -0.39 is 40.8 Å². The van der Waals surface area contributed by atoms with E-state index in [1.54, 1.807) is 31.2 Å². The molecule has 3 rings (SSSR count). The Morgan fingerprint density at radius 1 is 0.821 bits per heavy atom. The summed E-state index contributed by atoms with van der Waals surface area (Å²) in [5.74, 6) is -1.85. The molecule has 3 aromatic carbocycles. The minimum atomic E-state index is -1.19. The number of hydrogen-bond donors (Lipinski definition) is 2. The molecule has 0 saturated heterocycles. The number of nitro benzene ring substituents is 1. The first kappa shape index (κ1) is 28.8. The monoisotopic (exact) mass is 537 g/mol. The lowest BCUT2D eigenvalue weighted by atomic mass is 10.0. The van der Waals surface area contributed by atoms with Crippen LogP contribution in [0.15, 0.2) is 78.9 Å². The number of nitro groups is 1. The summed E-state index contributed by atoms with van der Waals surface area (Å²) < 4.78 is 23.7. The molecule has 0 saturated carbocycles. The van der Waals surface area contributed by atoms with Gasteiger partial charge in [0.05, 0.1) is 11.5 Å². The Bertz CT molecular complexity index is 1270. The van der Waals surface area contributed by atoms with Gasteiger partial charge in [0.2, 0.25) is 5.91 Å². The van der Waals surface area contributed by atoms with Crippen molar-refractivity contribution in [2.45, 2.75) is 38.5 Å². The van der Waals surface area contributed by atoms with Crippen molar-refractivity contribution < 1.29 is 33.2 Å². The predicted molar refractivity (Wildman–Crippen MR) is 139 cm³/mol. The Morgan fingerprint density at radius 2 is 1.41 bits per heavy atom. The summed E-state index contributed by atoms with van der Waals surface area (Å²) in [6.45, 7) is 1.66. The average molecular weight is 538 g/mol. The van der Waals surface area contributed by atoms with Gasteiger partial charge in [-0.1, -0.05) is 54.6 Å². The predicted octanol–water partition coefficient (Wildman–Crippen LogP) is 3.86. The summed E-state index contributed by atoms with van der Waals surface area (Å²) >= 11 is 0. The van der Waals surface area contributed by atoms with E-state index in [4.69, 9.17) is 9.47 Å². The van der Waals surface area contributed by atoms with Crippen LogP contribution in [0.2, 0.25) is 0 Å². The summed E-state index contributed by atoms with van der Waals surface area (Å²) in [6, 6.07) is 17.6. The molecule has 2 N–H and O–H groups in total. The molecule has 3 aromatic rings. The zero-order valence-corrected chi connectivity index (χ0v) is 21.2. The largest absolute Gasteiger partial charge is 0.464 e. The topological polar surface area (TPSA) is 137 Å². The molecular weight excluding hydrogens is 509 g/mol. The van der Waals surface area contributed by atoms with Crippen LogP contribution in [0.1, 0.15) is 23.6 Å². The number of nitrogens with one attached hydrogen (secondary N) is 2. The Kier molecular flexibility index (Phi) is 10.5. The summed E-state index contributed by atoms with van der Waals surface area (Å²) in [5, 5.41) is 16.1. The van der Waals surface area contributed by atoms with E-state index >= 15 is 0 Å². The highest BCUT2D eigenvalue weighted by Crippen LogP contribution is 2.14. The van der Waals surface area contributed by atoms with Crippen molar-refractivity contribution in [3.63, 3.8) is 0 Å². The van der Waals surface area contributed by atoms with E-state index in [0.29, 0.717) is 11.1 Å². The van der Waals surface area contributed by atoms with Gasteiger partial charge in [-0.25, -0.2) is 14.0 Å². The number of hydrogen-bond acceptors (Lipinski definition) is 7. The second-order valence-corrected chi connectivity index (χ2v) is 8.53. The molecule has 0 aliphatic heterocycles. The first-order chi connectivity index (χ1) is 18.7. The third-order valence-electron chi connectivity index (χ3n) is 5.65. The van der Waals surface area contributed by atoms with Crippen LogP contribution in [0.4, 0.5) is 14.9 Å². The third-order valence-corrected chi connectivity index (χ3v) is 5.65. The molecule has 0 unspecified atom stereocenters. The number of non-ortho nitro benzene ring substituents is 1. The number of carbonyl (C=O) groups is 3. The van der Waals surface area contributed by atoms with Crippen LogP contribution in [0.3, 0.4) is 0 Å². The van der Waals surface area contributed by atoms with Crippen LogP contribution in [0, 0.1) is 15.9 Å². The first-order valence-electron chi connectivity index (χ1n) is 12.2. The second-order valence-electron chi connectivity index (χ2n) is 8.53. The number of amides is 2. The fourth-order valence-corrected chi connectivity index (χ4v) is 3.67. The van der Waals surface area contributed by atoms with Crippen LogP contribution in [-0.4, -0.2) is 41.6 Å². The van der Waals surface area contributed by atoms with Crippen molar-refractivity contribution >= 4 is 23.7 Å². The van der Waals surface area contributed by atoms with Crippen molar-refractivity contribution in [3.05, 3.63) is 111 Å². The molecule has 204 valence electrons. The zero-order chi connectivity index (χ0) is 28.2. The highest BCUT2D eigenvalue weighted by molar-refractivity contribution is 5.90. The van der Waals surface area contributed by atoms with Crippen LogP contribution in [0.25, 0.3) is 0 Å². The van der Waals surface area contributed by atoms with Gasteiger partial charge in [-0.05, 0) is 35.7 Å². The zero-order valence-electron chi connectivity index (χ0n) is 21.2. The van der Waals surface area contributed by atoms with Gasteiger partial charge < -0.3 is 20.1 Å². The molecule has 2 atom stereocenters. The molecule has 10 nitrogen and oxygen atoms in total. The van der Waals surface area contributed by atoms with Gasteiger partial charge in [0, 0.05) is 25.0 Å². The van der Waals surface area contributed by atoms with Gasteiger partial charge in [0.25, 0.3) is 5.69 Å². The van der Waals surface area contributed by atoms with E-state index in [1.165, 1.54) is 48.5 Å². The van der Waals surface area contributed by atoms with Gasteiger partial charge in [-0.3, -0.25) is 14.9 Å². The van der Waals surface area contributed by atoms with Gasteiger partial charge in [0.1, 0.15) is 24.5 Å². The van der Waals surface area contributed by atoms with E-state index in [1.807, 2.05) is 6.07 Å². The standard InChI is InChI=1S/C28H28FN3O7/c1-2-38-27(34)25(17-19-8-12-22(29)13-9-19)30-26(33)24(16-20-10-14-23(15-11-20)32(36)37)31-28(35)39-18-21-6-4-3-5-7-21/h3-15,24-25H,2,16-18H2,1H3,(H,30,33)(H,31,35)/t24-,25-/m0/s1. The van der Waals surface area contributed by atoms with E-state index in [2.05, 4.69) is 10.6 Å². The van der Waals surface area contributed by atoms with Crippen LogP contribution in [0.5, 0.6) is 0 Å². The Morgan fingerprint density at radius 3 is 2.00 bits per heavy atom. The quantitative estimate of drug-likeness (QED) is 0.203. The minimum Gasteiger partial charge on any atom is -0.464 e. The third kappa shape index (κ3) is 9.22. The molecule has 11 heteroatoms. The molecule has 0 bridgehead atoms. The molecule has 0 radical (unpaired) electrons. The molecule has 2 amide bonds. The maximum absolute atomic E-state index is 13.3. The molecule has 0 aliphatic carbocycles. The van der Waals surface area contributed by atoms with Crippen molar-refractivity contribution in [1.82, 2.24) is 10.6 Å². The maximum Gasteiger partial charge on any atom is 0.408 e. The number of esters is 1. The molecule has 0 spiro atoms. The summed E-state index contributed by atoms with van der Waals surface area (Å²) in [4.78, 5) is 49.0. The van der Waals surface area contributed by atoms with Crippen LogP contribution >= 0.6 is 0 Å². The highest BCUT2D eigenvalue weighted by atomic mass is 19.1. The summed E-state index contributed by atoms with van der Waals surface area (Å²) in [7, 11) is 0. The van der Waals surface area contributed by atoms with E-state index in [-0.39, 0.29) is 31.7 Å². The smallest absolute Gasteiger partial charge is 0.408 e. The van der Waals surface area contributed by atoms with E-state index in [9.17, 15) is 28.9 Å². The molecule has 0 aromatic heterocycles. The number of alkyl carbamates (subject to hydrolysis) is 1. The fourth-order valence-electron chi connectivity index (χ4n) is 3.67. The Balaban J connectivity index is 1.77. The number of rotatable bonds is 12. The second kappa shape index (κ2) is 14.2. The number of ether oxygens (including phenoxy) is 2. The van der Waals surface area contributed by atoms with Crippen molar-refractivity contribution in [1.29, 1.82) is 0 Å². The SMILES string of the molecule is CCOC(=O)[C@H](Cc1ccc(F)cc1)NC(=O)[C@H](Cc1ccc([N+](=O)[O-])cc1)NC(=O)OCc1ccccc1. The summed E-state index contributed by atoms with van der Waals surface area (Å²) in [5.41, 5.74) is 1.72. The molecule has 39 heavy (non-hydrogen) atoms. The fraction of sp³-hybridized carbons (Fsp3) is 0.250. The lowest BCUT2D eigenvalue weighted by Gasteiger charge is -2.23. The Labute approximate surface area is 224 Å². The lowest BCUT2D eigenvalue weighted by Crippen LogP contribution is -2.53. The van der Waals surface area contributed by atoms with Gasteiger partial charge >= 0.3 is 12.1 Å². The normalized spacial score (nSPS) is 12.1. The van der Waals surface area contributed by atoms with Gasteiger partial charge in [-0.2, -0.15) is 0 Å². The average Bonchev–Trinajstić information content (AvgIpc) is 2.93. The number of carbonyl (C=O) groups excluding carboxylic acids is 3. The Hall–Kier alpha value is -4.80. The molecule has 0 aliphatic rings. The van der Waals surface area contributed by atoms with Crippen molar-refractivity contribution in [3.8, 4) is 0 Å². The number of halogens is 1. The van der Waals surface area contributed by atoms with E-state index in [0.717, 1.165) is 5.56 Å². The summed E-state index contributed by atoms with van der Waals surface area (Å²) in [6.07, 6.45) is -0.892. The first-order valence-corrected chi connectivity index (χ1v) is 12.2. The number of nitrogens with zero attached hydrogens (tertiary/aromatic N) is 1. The lowest BCUT2D eigenvalue weighted by molar-refractivity contribution is -0.384. The molecule has 0 fully saturated rings.